The Balaban J connectivity index is 1.14. The summed E-state index contributed by atoms with van der Waals surface area (Å²) in [6.07, 6.45) is -0.866. The van der Waals surface area contributed by atoms with Gasteiger partial charge in [0.2, 0.25) is 5.91 Å². The van der Waals surface area contributed by atoms with Crippen LogP contribution in [0.4, 0.5) is 13.2 Å². The number of rotatable bonds is 7. The van der Waals surface area contributed by atoms with E-state index < -0.39 is 23.6 Å². The van der Waals surface area contributed by atoms with Crippen molar-refractivity contribution in [2.24, 2.45) is 0 Å². The molecule has 7 nitrogen and oxygen atoms in total. The van der Waals surface area contributed by atoms with E-state index in [4.69, 9.17) is 9.47 Å². The summed E-state index contributed by atoms with van der Waals surface area (Å²) in [5, 5.41) is 5.38. The molecule has 1 aliphatic carbocycles. The molecular weight excluding hydrogens is 511 g/mol. The van der Waals surface area contributed by atoms with Gasteiger partial charge < -0.3 is 20.1 Å². The largest absolute Gasteiger partial charge is 0.416 e. The van der Waals surface area contributed by atoms with Crippen LogP contribution in [0.25, 0.3) is 0 Å². The SMILES string of the molecule is CCO[C@H]1CN(C2CCC3(CC2)OCc2ccccc23)C[C@@H]1NC(=O)CNC(=O)c1cccc(C(F)(F)F)c1. The molecule has 5 rings (SSSR count). The maximum Gasteiger partial charge on any atom is 0.416 e. The van der Waals surface area contributed by atoms with Crippen LogP contribution in [0.2, 0.25) is 0 Å². The van der Waals surface area contributed by atoms with Crippen LogP contribution in [0.5, 0.6) is 0 Å². The number of halogens is 3. The van der Waals surface area contributed by atoms with Gasteiger partial charge in [0, 0.05) is 31.3 Å². The summed E-state index contributed by atoms with van der Waals surface area (Å²) in [7, 11) is 0. The first-order chi connectivity index (χ1) is 18.7. The topological polar surface area (TPSA) is 79.9 Å². The van der Waals surface area contributed by atoms with Crippen molar-refractivity contribution < 1.29 is 32.2 Å². The number of hydrogen-bond donors (Lipinski definition) is 2. The van der Waals surface area contributed by atoms with E-state index in [-0.39, 0.29) is 29.9 Å². The van der Waals surface area contributed by atoms with E-state index >= 15 is 0 Å². The Bertz CT molecular complexity index is 1200. The lowest BCUT2D eigenvalue weighted by Gasteiger charge is -2.40. The van der Waals surface area contributed by atoms with Crippen molar-refractivity contribution in [2.75, 3.05) is 26.2 Å². The number of carbonyl (C=O) groups is 2. The molecule has 0 aromatic heterocycles. The van der Waals surface area contributed by atoms with Gasteiger partial charge >= 0.3 is 6.18 Å². The maximum atomic E-state index is 13.0. The van der Waals surface area contributed by atoms with E-state index in [1.807, 2.05) is 6.92 Å². The van der Waals surface area contributed by atoms with Crippen molar-refractivity contribution in [1.29, 1.82) is 0 Å². The molecule has 3 aliphatic rings. The van der Waals surface area contributed by atoms with Crippen molar-refractivity contribution in [3.8, 4) is 0 Å². The van der Waals surface area contributed by atoms with Crippen LogP contribution in [0, 0.1) is 0 Å². The number of benzene rings is 2. The van der Waals surface area contributed by atoms with Gasteiger partial charge in [-0.25, -0.2) is 0 Å². The molecular formula is C29H34F3N3O4. The lowest BCUT2D eigenvalue weighted by atomic mass is 9.77. The molecule has 0 radical (unpaired) electrons. The highest BCUT2D eigenvalue weighted by atomic mass is 19.4. The average molecular weight is 546 g/mol. The highest BCUT2D eigenvalue weighted by Crippen LogP contribution is 2.47. The molecule has 2 aromatic rings. The first-order valence-electron chi connectivity index (χ1n) is 13.5. The summed E-state index contributed by atoms with van der Waals surface area (Å²) in [6, 6.07) is 12.7. The molecule has 2 N–H and O–H groups in total. The normalized spacial score (nSPS) is 26.9. The average Bonchev–Trinajstić information content (AvgIpc) is 3.49. The summed E-state index contributed by atoms with van der Waals surface area (Å²) in [6.45, 7) is 4.08. The van der Waals surface area contributed by atoms with Crippen LogP contribution >= 0.6 is 0 Å². The third-order valence-electron chi connectivity index (χ3n) is 8.17. The number of ether oxygens (including phenoxy) is 2. The minimum atomic E-state index is -4.55. The Morgan fingerprint density at radius 2 is 1.87 bits per heavy atom. The predicted molar refractivity (Wildman–Crippen MR) is 138 cm³/mol. The summed E-state index contributed by atoms with van der Waals surface area (Å²) >= 11 is 0. The van der Waals surface area contributed by atoms with E-state index in [0.29, 0.717) is 32.3 Å². The van der Waals surface area contributed by atoms with E-state index in [2.05, 4.69) is 39.8 Å². The van der Waals surface area contributed by atoms with Crippen LogP contribution in [0.3, 0.4) is 0 Å². The van der Waals surface area contributed by atoms with E-state index in [1.54, 1.807) is 0 Å². The smallest absolute Gasteiger partial charge is 0.375 e. The lowest BCUT2D eigenvalue weighted by Crippen LogP contribution is -2.48. The number of nitrogens with zero attached hydrogens (tertiary/aromatic N) is 1. The molecule has 1 spiro atoms. The zero-order valence-electron chi connectivity index (χ0n) is 21.9. The molecule has 39 heavy (non-hydrogen) atoms. The Labute approximate surface area is 226 Å². The van der Waals surface area contributed by atoms with Gasteiger partial charge in [-0.15, -0.1) is 0 Å². The fourth-order valence-electron chi connectivity index (χ4n) is 6.21. The van der Waals surface area contributed by atoms with Crippen molar-refractivity contribution >= 4 is 11.8 Å². The van der Waals surface area contributed by atoms with Gasteiger partial charge in [0.25, 0.3) is 5.91 Å². The molecule has 2 amide bonds. The van der Waals surface area contributed by atoms with Crippen molar-refractivity contribution in [2.45, 2.75) is 69.2 Å². The quantitative estimate of drug-likeness (QED) is 0.550. The van der Waals surface area contributed by atoms with E-state index in [1.165, 1.54) is 23.3 Å². The van der Waals surface area contributed by atoms with Crippen LogP contribution in [0.1, 0.15) is 59.7 Å². The van der Waals surface area contributed by atoms with Gasteiger partial charge in [0.1, 0.15) is 0 Å². The molecule has 1 saturated heterocycles. The Kier molecular flexibility index (Phi) is 7.98. The molecule has 2 aromatic carbocycles. The Hall–Kier alpha value is -2.95. The second-order valence-corrected chi connectivity index (χ2v) is 10.6. The second-order valence-electron chi connectivity index (χ2n) is 10.6. The Morgan fingerprint density at radius 1 is 1.10 bits per heavy atom. The van der Waals surface area contributed by atoms with Crippen LogP contribution in [0.15, 0.2) is 48.5 Å². The summed E-state index contributed by atoms with van der Waals surface area (Å²) in [4.78, 5) is 27.4. The summed E-state index contributed by atoms with van der Waals surface area (Å²) in [5.41, 5.74) is 1.33. The highest BCUT2D eigenvalue weighted by molar-refractivity contribution is 5.96. The maximum absolute atomic E-state index is 13.0. The number of hydrogen-bond acceptors (Lipinski definition) is 5. The van der Waals surface area contributed by atoms with Gasteiger partial charge in [-0.1, -0.05) is 30.3 Å². The Morgan fingerprint density at radius 3 is 2.62 bits per heavy atom. The van der Waals surface area contributed by atoms with E-state index in [0.717, 1.165) is 37.8 Å². The molecule has 1 saturated carbocycles. The first kappa shape index (κ1) is 27.6. The summed E-state index contributed by atoms with van der Waals surface area (Å²) < 4.78 is 51.1. The fourth-order valence-corrected chi connectivity index (χ4v) is 6.21. The first-order valence-corrected chi connectivity index (χ1v) is 13.5. The van der Waals surface area contributed by atoms with Crippen molar-refractivity contribution in [3.63, 3.8) is 0 Å². The monoisotopic (exact) mass is 545 g/mol. The second kappa shape index (κ2) is 11.3. The van der Waals surface area contributed by atoms with Gasteiger partial charge in [-0.3, -0.25) is 14.5 Å². The number of fused-ring (bicyclic) bond motifs is 2. The van der Waals surface area contributed by atoms with Gasteiger partial charge in [0.05, 0.1) is 36.5 Å². The molecule has 2 heterocycles. The number of carbonyl (C=O) groups excluding carboxylic acids is 2. The molecule has 2 fully saturated rings. The zero-order valence-corrected chi connectivity index (χ0v) is 21.9. The van der Waals surface area contributed by atoms with Gasteiger partial charge in [0.15, 0.2) is 0 Å². The third-order valence-corrected chi connectivity index (χ3v) is 8.17. The minimum Gasteiger partial charge on any atom is -0.375 e. The van der Waals surface area contributed by atoms with E-state index in [9.17, 15) is 22.8 Å². The predicted octanol–water partition coefficient (Wildman–Crippen LogP) is 4.01. The third kappa shape index (κ3) is 5.97. The van der Waals surface area contributed by atoms with Gasteiger partial charge in [-0.05, 0) is 61.9 Å². The van der Waals surface area contributed by atoms with Crippen LogP contribution in [-0.4, -0.2) is 61.1 Å². The number of amides is 2. The number of nitrogens with one attached hydrogen (secondary N) is 2. The van der Waals surface area contributed by atoms with Crippen LogP contribution < -0.4 is 10.6 Å². The summed E-state index contributed by atoms with van der Waals surface area (Å²) in [5.74, 6) is -1.15. The van der Waals surface area contributed by atoms with Crippen molar-refractivity contribution in [3.05, 3.63) is 70.8 Å². The molecule has 0 unspecified atom stereocenters. The van der Waals surface area contributed by atoms with Crippen molar-refractivity contribution in [1.82, 2.24) is 15.5 Å². The molecule has 10 heteroatoms. The highest BCUT2D eigenvalue weighted by Gasteiger charge is 2.46. The molecule has 0 bridgehead atoms. The molecule has 2 aliphatic heterocycles. The molecule has 210 valence electrons. The zero-order chi connectivity index (χ0) is 27.6. The minimum absolute atomic E-state index is 0.152. The number of alkyl halides is 3. The lowest BCUT2D eigenvalue weighted by molar-refractivity contribution is -0.137. The number of likely N-dealkylation sites (tertiary alicyclic amines) is 1. The molecule has 2 atom stereocenters. The standard InChI is InChI=1S/C29H34F3N3O4/c1-2-38-25-17-35(22-10-12-28(13-11-22)23-9-4-3-6-20(23)18-39-28)16-24(25)34-26(36)15-33-27(37)19-7-5-8-21(14-19)29(30,31)32/h3-9,14,22,24-25H,2,10-13,15-18H2,1H3,(H,33,37)(H,34,36)/t22?,24-,25-,28?/m0/s1. The van der Waals surface area contributed by atoms with Crippen LogP contribution in [-0.2, 0) is 32.7 Å². The fraction of sp³-hybridized carbons (Fsp3) is 0.517. The van der Waals surface area contributed by atoms with Gasteiger partial charge in [-0.2, -0.15) is 13.2 Å².